The van der Waals surface area contributed by atoms with Gasteiger partial charge in [0.15, 0.2) is 0 Å². The van der Waals surface area contributed by atoms with E-state index in [2.05, 4.69) is 24.1 Å². The third-order valence-electron chi connectivity index (χ3n) is 4.14. The molecule has 0 aromatic heterocycles. The fraction of sp³-hybridized carbons (Fsp3) is 0.562. The molecule has 0 spiro atoms. The van der Waals surface area contributed by atoms with Crippen molar-refractivity contribution in [3.05, 3.63) is 34.9 Å². The van der Waals surface area contributed by atoms with Gasteiger partial charge in [-0.3, -0.25) is 9.69 Å². The summed E-state index contributed by atoms with van der Waals surface area (Å²) >= 11 is 5.93. The second kappa shape index (κ2) is 6.77. The van der Waals surface area contributed by atoms with Crippen molar-refractivity contribution in [2.24, 2.45) is 11.1 Å². The monoisotopic (exact) mass is 309 g/mol. The number of rotatable bonds is 4. The van der Waals surface area contributed by atoms with E-state index in [1.54, 1.807) is 0 Å². The third-order valence-corrected chi connectivity index (χ3v) is 4.37. The molecule has 21 heavy (non-hydrogen) atoms. The van der Waals surface area contributed by atoms with E-state index < -0.39 is 0 Å². The van der Waals surface area contributed by atoms with Gasteiger partial charge in [0.25, 0.3) is 0 Å². The molecule has 0 radical (unpaired) electrons. The fourth-order valence-electron chi connectivity index (χ4n) is 2.73. The number of carbonyl (C=O) groups is 1. The number of likely N-dealkylation sites (tertiary alicyclic amines) is 1. The van der Waals surface area contributed by atoms with E-state index in [1.807, 2.05) is 24.3 Å². The van der Waals surface area contributed by atoms with E-state index in [-0.39, 0.29) is 17.4 Å². The molecule has 116 valence electrons. The zero-order chi connectivity index (χ0) is 15.5. The number of halogens is 1. The summed E-state index contributed by atoms with van der Waals surface area (Å²) in [5.41, 5.74) is 7.19. The summed E-state index contributed by atoms with van der Waals surface area (Å²) in [5, 5.41) is 3.63. The van der Waals surface area contributed by atoms with Crippen molar-refractivity contribution in [2.75, 3.05) is 19.6 Å². The zero-order valence-electron chi connectivity index (χ0n) is 12.7. The fourth-order valence-corrected chi connectivity index (χ4v) is 2.94. The Morgan fingerprint density at radius 3 is 2.95 bits per heavy atom. The molecule has 2 rings (SSSR count). The van der Waals surface area contributed by atoms with Crippen molar-refractivity contribution in [3.8, 4) is 0 Å². The lowest BCUT2D eigenvalue weighted by Crippen LogP contribution is -2.54. The average molecular weight is 310 g/mol. The topological polar surface area (TPSA) is 58.4 Å². The van der Waals surface area contributed by atoms with Gasteiger partial charge in [0.1, 0.15) is 0 Å². The Kier molecular flexibility index (Phi) is 5.25. The first kappa shape index (κ1) is 16.3. The number of amides is 1. The number of nitrogens with one attached hydrogen (secondary N) is 1. The number of nitrogens with zero attached hydrogens (tertiary/aromatic N) is 1. The summed E-state index contributed by atoms with van der Waals surface area (Å²) in [4.78, 5) is 14.2. The van der Waals surface area contributed by atoms with Gasteiger partial charge in [-0.05, 0) is 29.5 Å². The van der Waals surface area contributed by atoms with Crippen LogP contribution < -0.4 is 11.1 Å². The van der Waals surface area contributed by atoms with Crippen LogP contribution >= 0.6 is 11.6 Å². The van der Waals surface area contributed by atoms with Crippen molar-refractivity contribution < 1.29 is 4.79 Å². The van der Waals surface area contributed by atoms with Crippen molar-refractivity contribution in [2.45, 2.75) is 32.9 Å². The van der Waals surface area contributed by atoms with E-state index in [9.17, 15) is 4.79 Å². The second-order valence-corrected chi connectivity index (χ2v) is 6.94. The molecule has 0 aliphatic carbocycles. The van der Waals surface area contributed by atoms with Crippen LogP contribution in [0.4, 0.5) is 0 Å². The molecular weight excluding hydrogens is 286 g/mol. The predicted octanol–water partition coefficient (Wildman–Crippen LogP) is 2.02. The molecule has 1 unspecified atom stereocenters. The molecule has 1 amide bonds. The van der Waals surface area contributed by atoms with Gasteiger partial charge in [0.05, 0.1) is 6.54 Å². The van der Waals surface area contributed by atoms with Crippen molar-refractivity contribution in [3.63, 3.8) is 0 Å². The highest BCUT2D eigenvalue weighted by molar-refractivity contribution is 6.30. The Bertz CT molecular complexity index is 504. The Balaban J connectivity index is 1.80. The Morgan fingerprint density at radius 1 is 1.52 bits per heavy atom. The maximum Gasteiger partial charge on any atom is 0.234 e. The van der Waals surface area contributed by atoms with Crippen LogP contribution in [0.5, 0.6) is 0 Å². The van der Waals surface area contributed by atoms with Crippen LogP contribution in [0.3, 0.4) is 0 Å². The first-order valence-electron chi connectivity index (χ1n) is 7.36. The third kappa shape index (κ3) is 4.70. The van der Waals surface area contributed by atoms with Gasteiger partial charge >= 0.3 is 0 Å². The Hall–Kier alpha value is -1.10. The van der Waals surface area contributed by atoms with Gasteiger partial charge in [-0.2, -0.15) is 0 Å². The highest BCUT2D eigenvalue weighted by Crippen LogP contribution is 2.27. The first-order valence-corrected chi connectivity index (χ1v) is 7.74. The van der Waals surface area contributed by atoms with E-state index in [0.717, 1.165) is 25.1 Å². The molecule has 1 heterocycles. The first-order chi connectivity index (χ1) is 9.87. The maximum absolute atomic E-state index is 12.0. The number of nitrogens with two attached hydrogens (primary N) is 1. The van der Waals surface area contributed by atoms with Crippen LogP contribution in [-0.4, -0.2) is 36.5 Å². The van der Waals surface area contributed by atoms with Gasteiger partial charge < -0.3 is 11.1 Å². The van der Waals surface area contributed by atoms with Crippen molar-refractivity contribution in [1.29, 1.82) is 0 Å². The van der Waals surface area contributed by atoms with Crippen LogP contribution in [-0.2, 0) is 11.3 Å². The summed E-state index contributed by atoms with van der Waals surface area (Å²) in [6.45, 7) is 7.00. The molecule has 3 N–H and O–H groups in total. The lowest BCUT2D eigenvalue weighted by Gasteiger charge is -2.42. The van der Waals surface area contributed by atoms with Crippen LogP contribution in [0.15, 0.2) is 24.3 Å². The molecule has 5 heteroatoms. The number of hydrogen-bond acceptors (Lipinski definition) is 3. The lowest BCUT2D eigenvalue weighted by atomic mass is 9.80. The molecule has 1 aromatic rings. The summed E-state index contributed by atoms with van der Waals surface area (Å²) in [7, 11) is 0. The molecule has 1 fully saturated rings. The van der Waals surface area contributed by atoms with Gasteiger partial charge in [-0.25, -0.2) is 0 Å². The molecule has 4 nitrogen and oxygen atoms in total. The smallest absolute Gasteiger partial charge is 0.234 e. The standard InChI is InChI=1S/C16H24ClN3O/c1-16(2)11-20(7-6-14(16)18)10-15(21)19-9-12-4-3-5-13(17)8-12/h3-5,8,14H,6-7,9-11,18H2,1-2H3,(H,19,21). The predicted molar refractivity (Wildman–Crippen MR) is 86.1 cm³/mol. The average Bonchev–Trinajstić information content (AvgIpc) is 2.40. The quantitative estimate of drug-likeness (QED) is 0.894. The second-order valence-electron chi connectivity index (χ2n) is 6.50. The molecular formula is C16H24ClN3O. The van der Waals surface area contributed by atoms with Crippen LogP contribution in [0.2, 0.25) is 5.02 Å². The van der Waals surface area contributed by atoms with E-state index in [4.69, 9.17) is 17.3 Å². The van der Waals surface area contributed by atoms with Crippen molar-refractivity contribution >= 4 is 17.5 Å². The summed E-state index contributed by atoms with van der Waals surface area (Å²) in [6, 6.07) is 7.74. The number of hydrogen-bond donors (Lipinski definition) is 2. The Labute approximate surface area is 131 Å². The minimum Gasteiger partial charge on any atom is -0.351 e. The molecule has 1 aromatic carbocycles. The maximum atomic E-state index is 12.0. The number of benzene rings is 1. The largest absolute Gasteiger partial charge is 0.351 e. The summed E-state index contributed by atoms with van der Waals surface area (Å²) in [5.74, 6) is 0.0428. The van der Waals surface area contributed by atoms with Gasteiger partial charge in [0.2, 0.25) is 5.91 Å². The van der Waals surface area contributed by atoms with E-state index in [1.165, 1.54) is 0 Å². The van der Waals surface area contributed by atoms with E-state index >= 15 is 0 Å². The van der Waals surface area contributed by atoms with Gasteiger partial charge in [0, 0.05) is 30.7 Å². The van der Waals surface area contributed by atoms with Gasteiger partial charge in [-0.1, -0.05) is 37.6 Å². The SMILES string of the molecule is CC1(C)CN(CC(=O)NCc2cccc(Cl)c2)CCC1N. The van der Waals surface area contributed by atoms with Gasteiger partial charge in [-0.15, -0.1) is 0 Å². The summed E-state index contributed by atoms with van der Waals surface area (Å²) in [6.07, 6.45) is 0.939. The van der Waals surface area contributed by atoms with Crippen LogP contribution in [0.25, 0.3) is 0 Å². The minimum absolute atomic E-state index is 0.0428. The molecule has 0 bridgehead atoms. The highest BCUT2D eigenvalue weighted by Gasteiger charge is 2.33. The number of piperidine rings is 1. The Morgan fingerprint density at radius 2 is 2.29 bits per heavy atom. The highest BCUT2D eigenvalue weighted by atomic mass is 35.5. The number of carbonyl (C=O) groups excluding carboxylic acids is 1. The molecule has 1 aliphatic rings. The van der Waals surface area contributed by atoms with Crippen molar-refractivity contribution in [1.82, 2.24) is 10.2 Å². The summed E-state index contributed by atoms with van der Waals surface area (Å²) < 4.78 is 0. The minimum atomic E-state index is 0.0428. The zero-order valence-corrected chi connectivity index (χ0v) is 13.5. The lowest BCUT2D eigenvalue weighted by molar-refractivity contribution is -0.123. The van der Waals surface area contributed by atoms with Crippen LogP contribution in [0.1, 0.15) is 25.8 Å². The molecule has 1 atom stereocenters. The normalized spacial score (nSPS) is 22.0. The molecule has 0 saturated carbocycles. The molecule has 1 aliphatic heterocycles. The van der Waals surface area contributed by atoms with E-state index in [0.29, 0.717) is 18.1 Å². The molecule has 1 saturated heterocycles. The van der Waals surface area contributed by atoms with Crippen LogP contribution in [0, 0.1) is 5.41 Å².